The van der Waals surface area contributed by atoms with E-state index in [9.17, 15) is 9.90 Å². The topological polar surface area (TPSA) is 57.5 Å². The van der Waals surface area contributed by atoms with Crippen LogP contribution in [0.2, 0.25) is 0 Å². The molecule has 2 N–H and O–H groups in total. The number of aromatic hydroxyl groups is 1. The SMILES string of the molecule is CCC[C@H](C(=O)O)c1ccccc1O. The predicted molar refractivity (Wildman–Crippen MR) is 53.4 cm³/mol. The van der Waals surface area contributed by atoms with Gasteiger partial charge < -0.3 is 10.2 Å². The van der Waals surface area contributed by atoms with Crippen molar-refractivity contribution in [2.24, 2.45) is 0 Å². The summed E-state index contributed by atoms with van der Waals surface area (Å²) in [6, 6.07) is 6.59. The zero-order valence-corrected chi connectivity index (χ0v) is 8.10. The molecule has 0 aliphatic heterocycles. The second kappa shape index (κ2) is 4.65. The van der Waals surface area contributed by atoms with Gasteiger partial charge in [-0.15, -0.1) is 0 Å². The number of hydrogen-bond donors (Lipinski definition) is 2. The number of aliphatic carboxylic acids is 1. The van der Waals surface area contributed by atoms with E-state index >= 15 is 0 Å². The summed E-state index contributed by atoms with van der Waals surface area (Å²) in [6.07, 6.45) is 1.33. The molecule has 0 unspecified atom stereocenters. The summed E-state index contributed by atoms with van der Waals surface area (Å²) in [5.74, 6) is -1.41. The molecule has 0 aliphatic rings. The molecule has 3 nitrogen and oxygen atoms in total. The normalized spacial score (nSPS) is 12.4. The van der Waals surface area contributed by atoms with Crippen molar-refractivity contribution >= 4 is 5.97 Å². The van der Waals surface area contributed by atoms with E-state index in [2.05, 4.69) is 0 Å². The van der Waals surface area contributed by atoms with Crippen molar-refractivity contribution in [3.05, 3.63) is 29.8 Å². The van der Waals surface area contributed by atoms with Gasteiger partial charge in [0.1, 0.15) is 5.75 Å². The molecule has 76 valence electrons. The number of carbonyl (C=O) groups is 1. The van der Waals surface area contributed by atoms with Gasteiger partial charge in [0.05, 0.1) is 5.92 Å². The largest absolute Gasteiger partial charge is 0.508 e. The molecular formula is C11H14O3. The molecule has 0 radical (unpaired) electrons. The summed E-state index contributed by atoms with van der Waals surface area (Å²) in [5.41, 5.74) is 0.502. The third-order valence-corrected chi connectivity index (χ3v) is 2.19. The molecule has 0 heterocycles. The van der Waals surface area contributed by atoms with Gasteiger partial charge in [-0.05, 0) is 12.5 Å². The monoisotopic (exact) mass is 194 g/mol. The minimum absolute atomic E-state index is 0.0633. The number of hydrogen-bond acceptors (Lipinski definition) is 2. The van der Waals surface area contributed by atoms with Crippen LogP contribution in [-0.4, -0.2) is 16.2 Å². The van der Waals surface area contributed by atoms with Gasteiger partial charge in [-0.3, -0.25) is 4.79 Å². The van der Waals surface area contributed by atoms with Crippen molar-refractivity contribution in [3.8, 4) is 5.75 Å². The van der Waals surface area contributed by atoms with Gasteiger partial charge in [-0.1, -0.05) is 31.5 Å². The first-order valence-corrected chi connectivity index (χ1v) is 4.67. The molecule has 0 saturated heterocycles. The second-order valence-corrected chi connectivity index (χ2v) is 3.24. The van der Waals surface area contributed by atoms with Crippen LogP contribution in [0.3, 0.4) is 0 Å². The molecule has 0 fully saturated rings. The van der Waals surface area contributed by atoms with Gasteiger partial charge in [0, 0.05) is 5.56 Å². The molecule has 0 bridgehead atoms. The Kier molecular flexibility index (Phi) is 3.51. The fraction of sp³-hybridized carbons (Fsp3) is 0.364. The lowest BCUT2D eigenvalue weighted by molar-refractivity contribution is -0.139. The van der Waals surface area contributed by atoms with Crippen LogP contribution in [0.1, 0.15) is 31.2 Å². The van der Waals surface area contributed by atoms with Crippen molar-refractivity contribution in [1.82, 2.24) is 0 Å². The van der Waals surface area contributed by atoms with Crippen LogP contribution in [0.15, 0.2) is 24.3 Å². The average molecular weight is 194 g/mol. The molecule has 0 spiro atoms. The zero-order chi connectivity index (χ0) is 10.6. The van der Waals surface area contributed by atoms with E-state index in [1.54, 1.807) is 18.2 Å². The maximum atomic E-state index is 10.9. The summed E-state index contributed by atoms with van der Waals surface area (Å²) < 4.78 is 0. The molecule has 0 aliphatic carbocycles. The van der Waals surface area contributed by atoms with Gasteiger partial charge in [-0.25, -0.2) is 0 Å². The smallest absolute Gasteiger partial charge is 0.311 e. The van der Waals surface area contributed by atoms with Gasteiger partial charge in [0.25, 0.3) is 0 Å². The quantitative estimate of drug-likeness (QED) is 0.773. The van der Waals surface area contributed by atoms with E-state index in [1.165, 1.54) is 6.07 Å². The van der Waals surface area contributed by atoms with Crippen LogP contribution in [0.4, 0.5) is 0 Å². The van der Waals surface area contributed by atoms with E-state index in [1.807, 2.05) is 6.92 Å². The Morgan fingerprint density at radius 3 is 2.57 bits per heavy atom. The summed E-state index contributed by atoms with van der Waals surface area (Å²) in [7, 11) is 0. The van der Waals surface area contributed by atoms with Gasteiger partial charge in [-0.2, -0.15) is 0 Å². The summed E-state index contributed by atoms with van der Waals surface area (Å²) in [6.45, 7) is 1.93. The van der Waals surface area contributed by atoms with Crippen molar-refractivity contribution in [3.63, 3.8) is 0 Å². The first-order valence-electron chi connectivity index (χ1n) is 4.67. The van der Waals surface area contributed by atoms with Crippen LogP contribution >= 0.6 is 0 Å². The van der Waals surface area contributed by atoms with Crippen LogP contribution < -0.4 is 0 Å². The third kappa shape index (κ3) is 2.25. The van der Waals surface area contributed by atoms with E-state index < -0.39 is 11.9 Å². The number of carboxylic acids is 1. The fourth-order valence-corrected chi connectivity index (χ4v) is 1.48. The molecular weight excluding hydrogens is 180 g/mol. The molecule has 0 saturated carbocycles. The molecule has 1 aromatic rings. The Labute approximate surface area is 83.0 Å². The Morgan fingerprint density at radius 2 is 2.07 bits per heavy atom. The third-order valence-electron chi connectivity index (χ3n) is 2.19. The standard InChI is InChI=1S/C11H14O3/c1-2-5-9(11(13)14)8-6-3-4-7-10(8)12/h3-4,6-7,9,12H,2,5H2,1H3,(H,13,14)/t9-/m0/s1. The van der Waals surface area contributed by atoms with Crippen molar-refractivity contribution < 1.29 is 15.0 Å². The predicted octanol–water partition coefficient (Wildman–Crippen LogP) is 2.36. The highest BCUT2D eigenvalue weighted by atomic mass is 16.4. The number of carboxylic acid groups (broad SMARTS) is 1. The van der Waals surface area contributed by atoms with Crippen molar-refractivity contribution in [1.29, 1.82) is 0 Å². The Hall–Kier alpha value is -1.51. The highest BCUT2D eigenvalue weighted by Gasteiger charge is 2.21. The summed E-state index contributed by atoms with van der Waals surface area (Å²) >= 11 is 0. The molecule has 0 amide bonds. The van der Waals surface area contributed by atoms with E-state index in [4.69, 9.17) is 5.11 Å². The lowest BCUT2D eigenvalue weighted by Gasteiger charge is -2.12. The zero-order valence-electron chi connectivity index (χ0n) is 8.10. The Balaban J connectivity index is 2.99. The highest BCUT2D eigenvalue weighted by Crippen LogP contribution is 2.28. The minimum atomic E-state index is -0.881. The van der Waals surface area contributed by atoms with Gasteiger partial charge >= 0.3 is 5.97 Å². The maximum Gasteiger partial charge on any atom is 0.311 e. The van der Waals surface area contributed by atoms with E-state index in [0.29, 0.717) is 12.0 Å². The number of benzene rings is 1. The molecule has 1 rings (SSSR count). The molecule has 1 aromatic carbocycles. The number of phenols is 1. The van der Waals surface area contributed by atoms with E-state index in [-0.39, 0.29) is 5.75 Å². The first-order chi connectivity index (χ1) is 6.66. The number of rotatable bonds is 4. The average Bonchev–Trinajstić information content (AvgIpc) is 2.15. The van der Waals surface area contributed by atoms with E-state index in [0.717, 1.165) is 6.42 Å². The lowest BCUT2D eigenvalue weighted by atomic mass is 9.94. The highest BCUT2D eigenvalue weighted by molar-refractivity contribution is 5.77. The van der Waals surface area contributed by atoms with Crippen LogP contribution in [0.25, 0.3) is 0 Å². The lowest BCUT2D eigenvalue weighted by Crippen LogP contribution is -2.11. The molecule has 1 atom stereocenters. The van der Waals surface area contributed by atoms with Crippen molar-refractivity contribution in [2.45, 2.75) is 25.7 Å². The molecule has 0 aromatic heterocycles. The number of para-hydroxylation sites is 1. The fourth-order valence-electron chi connectivity index (χ4n) is 1.48. The Bertz CT molecular complexity index is 320. The second-order valence-electron chi connectivity index (χ2n) is 3.24. The van der Waals surface area contributed by atoms with Crippen LogP contribution in [0, 0.1) is 0 Å². The molecule has 3 heteroatoms. The number of phenolic OH excluding ortho intramolecular Hbond substituents is 1. The maximum absolute atomic E-state index is 10.9. The minimum Gasteiger partial charge on any atom is -0.508 e. The Morgan fingerprint density at radius 1 is 1.43 bits per heavy atom. The first kappa shape index (κ1) is 10.6. The summed E-state index contributed by atoms with van der Waals surface area (Å²) in [5, 5.41) is 18.5. The van der Waals surface area contributed by atoms with Crippen molar-refractivity contribution in [2.75, 3.05) is 0 Å². The summed E-state index contributed by atoms with van der Waals surface area (Å²) in [4.78, 5) is 10.9. The van der Waals surface area contributed by atoms with Crippen LogP contribution in [0.5, 0.6) is 5.75 Å². The van der Waals surface area contributed by atoms with Gasteiger partial charge in [0.15, 0.2) is 0 Å². The molecule has 14 heavy (non-hydrogen) atoms. The van der Waals surface area contributed by atoms with Gasteiger partial charge in [0.2, 0.25) is 0 Å². The van der Waals surface area contributed by atoms with Crippen LogP contribution in [-0.2, 0) is 4.79 Å².